The van der Waals surface area contributed by atoms with Crippen LogP contribution in [0.2, 0.25) is 0 Å². The van der Waals surface area contributed by atoms with Crippen molar-refractivity contribution in [1.29, 1.82) is 0 Å². The predicted molar refractivity (Wildman–Crippen MR) is 140 cm³/mol. The first kappa shape index (κ1) is 25.5. The number of pyridine rings is 1. The van der Waals surface area contributed by atoms with E-state index in [0.717, 1.165) is 23.4 Å². The van der Waals surface area contributed by atoms with Crippen LogP contribution in [0, 0.1) is 0 Å². The quantitative estimate of drug-likeness (QED) is 0.380. The van der Waals surface area contributed by atoms with E-state index in [-0.39, 0.29) is 23.3 Å². The van der Waals surface area contributed by atoms with E-state index >= 15 is 0 Å². The van der Waals surface area contributed by atoms with Gasteiger partial charge in [-0.3, -0.25) is 4.79 Å². The average Bonchev–Trinajstić information content (AvgIpc) is 3.39. The van der Waals surface area contributed by atoms with E-state index < -0.39 is 23.8 Å². The van der Waals surface area contributed by atoms with Crippen molar-refractivity contribution in [3.05, 3.63) is 83.6 Å². The van der Waals surface area contributed by atoms with Crippen molar-refractivity contribution in [2.75, 3.05) is 41.8 Å². The van der Waals surface area contributed by atoms with Crippen molar-refractivity contribution in [2.24, 2.45) is 4.99 Å². The van der Waals surface area contributed by atoms with Crippen LogP contribution in [0.4, 0.5) is 30.7 Å². The van der Waals surface area contributed by atoms with Crippen molar-refractivity contribution < 1.29 is 27.1 Å². The van der Waals surface area contributed by atoms with E-state index in [1.54, 1.807) is 17.0 Å². The number of halogens is 3. The smallest absolute Gasteiger partial charge is 0.403 e. The Labute approximate surface area is 225 Å². The average molecular weight is 550 g/mol. The fraction of sp³-hybridized carbons (Fsp3) is 0.222. The molecule has 40 heavy (non-hydrogen) atoms. The number of carbonyl (C=O) groups excluding carboxylic acids is 1. The molecule has 2 N–H and O–H groups in total. The monoisotopic (exact) mass is 549 g/mol. The number of ether oxygens (including phenoxy) is 1. The molecule has 0 bridgehead atoms. The molecular formula is C27H22F3N7O3. The molecule has 1 saturated heterocycles. The maximum atomic E-state index is 13.5. The van der Waals surface area contributed by atoms with Gasteiger partial charge in [0.05, 0.1) is 35.7 Å². The van der Waals surface area contributed by atoms with Crippen LogP contribution in [0.25, 0.3) is 11.5 Å². The number of rotatable bonds is 5. The number of alkyl halides is 3. The summed E-state index contributed by atoms with van der Waals surface area (Å²) >= 11 is 0. The van der Waals surface area contributed by atoms with Gasteiger partial charge < -0.3 is 24.7 Å². The number of para-hydroxylation sites is 1. The zero-order chi connectivity index (χ0) is 27.7. The van der Waals surface area contributed by atoms with Gasteiger partial charge in [-0.1, -0.05) is 53.6 Å². The molecule has 0 aliphatic carbocycles. The van der Waals surface area contributed by atoms with E-state index in [2.05, 4.69) is 30.8 Å². The Kier molecular flexibility index (Phi) is 6.64. The van der Waals surface area contributed by atoms with Gasteiger partial charge >= 0.3 is 12.2 Å². The first-order valence-corrected chi connectivity index (χ1v) is 12.4. The van der Waals surface area contributed by atoms with Crippen LogP contribution >= 0.6 is 0 Å². The number of hydrogen-bond acceptors (Lipinski definition) is 9. The third-order valence-electron chi connectivity index (χ3n) is 6.41. The summed E-state index contributed by atoms with van der Waals surface area (Å²) in [4.78, 5) is 23.7. The first-order chi connectivity index (χ1) is 19.4. The molecule has 1 unspecified atom stereocenters. The van der Waals surface area contributed by atoms with Crippen LogP contribution in [0.5, 0.6) is 0 Å². The molecule has 0 saturated carbocycles. The summed E-state index contributed by atoms with van der Waals surface area (Å²) < 4.78 is 51.7. The number of benzene rings is 2. The zero-order valence-corrected chi connectivity index (χ0v) is 20.9. The number of aromatic nitrogens is 3. The van der Waals surface area contributed by atoms with E-state index in [1.165, 1.54) is 0 Å². The van der Waals surface area contributed by atoms with Gasteiger partial charge in [-0.15, -0.1) is 5.10 Å². The number of fused-ring (bicyclic) bond motifs is 1. The van der Waals surface area contributed by atoms with Gasteiger partial charge in [-0.2, -0.15) is 13.2 Å². The van der Waals surface area contributed by atoms with Crippen LogP contribution in [0.3, 0.4) is 0 Å². The van der Waals surface area contributed by atoms with Gasteiger partial charge in [0.15, 0.2) is 0 Å². The minimum atomic E-state index is -4.62. The fourth-order valence-electron chi connectivity index (χ4n) is 4.49. The molecule has 13 heteroatoms. The number of amides is 1. The topological polar surface area (TPSA) is 118 Å². The van der Waals surface area contributed by atoms with Gasteiger partial charge in [0.2, 0.25) is 6.17 Å². The summed E-state index contributed by atoms with van der Waals surface area (Å²) in [5, 5.41) is 13.6. The molecular weight excluding hydrogens is 527 g/mol. The van der Waals surface area contributed by atoms with E-state index in [9.17, 15) is 18.0 Å². The summed E-state index contributed by atoms with van der Waals surface area (Å²) in [6, 6.07) is 17.4. The largest absolute Gasteiger partial charge is 0.417 e. The fourth-order valence-corrected chi connectivity index (χ4v) is 4.49. The van der Waals surface area contributed by atoms with Crippen LogP contribution in [0.1, 0.15) is 16.7 Å². The van der Waals surface area contributed by atoms with Gasteiger partial charge in [-0.05, 0) is 12.1 Å². The number of hydrogen-bond donors (Lipinski definition) is 2. The highest BCUT2D eigenvalue weighted by Gasteiger charge is 2.34. The third kappa shape index (κ3) is 5.10. The number of benzodiazepines with no additional fused rings is 1. The Morgan fingerprint density at radius 2 is 1.73 bits per heavy atom. The molecule has 2 aromatic carbocycles. The number of nitrogens with one attached hydrogen (secondary N) is 2. The van der Waals surface area contributed by atoms with Gasteiger partial charge in [0.25, 0.3) is 11.8 Å². The number of anilines is 3. The van der Waals surface area contributed by atoms with Crippen molar-refractivity contribution in [3.63, 3.8) is 0 Å². The third-order valence-corrected chi connectivity index (χ3v) is 6.41. The molecule has 1 atom stereocenters. The molecule has 2 aromatic heterocycles. The Morgan fingerprint density at radius 1 is 0.975 bits per heavy atom. The lowest BCUT2D eigenvalue weighted by Gasteiger charge is -2.29. The maximum absolute atomic E-state index is 13.5. The van der Waals surface area contributed by atoms with Crippen molar-refractivity contribution in [3.8, 4) is 11.5 Å². The van der Waals surface area contributed by atoms with E-state index in [4.69, 9.17) is 9.15 Å². The standard InChI is InChI=1S/C27H22F3N7O3/c28-27(29,30)17-14-19(23(31-15-17)37-10-12-39-13-11-37)25-35-36-26(40-25)34-22-24(38)32-20-9-5-4-8-18(20)21(33-22)16-6-2-1-3-7-16/h1-9,14-15,22H,10-13H2,(H,32,38)(H,34,36). The Balaban J connectivity index is 1.35. The normalized spacial score (nSPS) is 17.5. The number of morpholine rings is 1. The van der Waals surface area contributed by atoms with Crippen LogP contribution in [0.15, 0.2) is 76.3 Å². The molecule has 6 rings (SSSR count). The summed E-state index contributed by atoms with van der Waals surface area (Å²) in [6.07, 6.45) is -5.02. The van der Waals surface area contributed by atoms with E-state index in [0.29, 0.717) is 37.7 Å². The molecule has 4 aromatic rings. The molecule has 10 nitrogen and oxygen atoms in total. The highest BCUT2D eigenvalue weighted by molar-refractivity contribution is 6.19. The summed E-state index contributed by atoms with van der Waals surface area (Å²) in [5.41, 5.74) is 1.71. The number of aliphatic imine (C=N–C) groups is 1. The summed E-state index contributed by atoms with van der Waals surface area (Å²) in [5.74, 6) is -0.404. The second kappa shape index (κ2) is 10.4. The number of nitrogens with zero attached hydrogens (tertiary/aromatic N) is 5. The lowest BCUT2D eigenvalue weighted by atomic mass is 10.0. The molecule has 4 heterocycles. The zero-order valence-electron chi connectivity index (χ0n) is 20.9. The summed E-state index contributed by atoms with van der Waals surface area (Å²) in [6.45, 7) is 1.67. The van der Waals surface area contributed by atoms with Crippen molar-refractivity contribution in [2.45, 2.75) is 12.3 Å². The van der Waals surface area contributed by atoms with Gasteiger partial charge in [-0.25, -0.2) is 9.98 Å². The Bertz CT molecular complexity index is 1570. The van der Waals surface area contributed by atoms with Crippen LogP contribution < -0.4 is 15.5 Å². The lowest BCUT2D eigenvalue weighted by molar-refractivity contribution is -0.137. The summed E-state index contributed by atoms with van der Waals surface area (Å²) in [7, 11) is 0. The van der Waals surface area contributed by atoms with Crippen molar-refractivity contribution >= 4 is 29.1 Å². The second-order valence-electron chi connectivity index (χ2n) is 9.03. The molecule has 2 aliphatic heterocycles. The molecule has 1 fully saturated rings. The van der Waals surface area contributed by atoms with Crippen molar-refractivity contribution in [1.82, 2.24) is 15.2 Å². The Hall–Kier alpha value is -4.78. The van der Waals surface area contributed by atoms with Gasteiger partial charge in [0, 0.05) is 30.4 Å². The second-order valence-corrected chi connectivity index (χ2v) is 9.03. The molecule has 0 radical (unpaired) electrons. The molecule has 1 amide bonds. The molecule has 204 valence electrons. The number of carbonyl (C=O) groups is 1. The minimum absolute atomic E-state index is 0.0171. The SMILES string of the molecule is O=C1Nc2ccccc2C(c2ccccc2)=NC1Nc1nnc(-c2cc(C(F)(F)F)cnc2N2CCOCC2)o1. The van der Waals surface area contributed by atoms with Gasteiger partial charge in [0.1, 0.15) is 5.82 Å². The van der Waals surface area contributed by atoms with Crippen LogP contribution in [-0.2, 0) is 15.7 Å². The Morgan fingerprint density at radius 3 is 2.50 bits per heavy atom. The maximum Gasteiger partial charge on any atom is 0.417 e. The molecule has 2 aliphatic rings. The lowest BCUT2D eigenvalue weighted by Crippen LogP contribution is -2.37. The highest BCUT2D eigenvalue weighted by atomic mass is 19.4. The van der Waals surface area contributed by atoms with E-state index in [1.807, 2.05) is 42.5 Å². The minimum Gasteiger partial charge on any atom is -0.403 e. The molecule has 0 spiro atoms. The predicted octanol–water partition coefficient (Wildman–Crippen LogP) is 4.21. The van der Waals surface area contributed by atoms with Crippen LogP contribution in [-0.4, -0.2) is 59.3 Å². The first-order valence-electron chi connectivity index (χ1n) is 12.4. The highest BCUT2D eigenvalue weighted by Crippen LogP contribution is 2.36.